The van der Waals surface area contributed by atoms with Crippen LogP contribution in [0.4, 0.5) is 31.8 Å². The molecule has 0 saturated heterocycles. The van der Waals surface area contributed by atoms with Gasteiger partial charge >= 0.3 is 6.29 Å². The number of hydrogen-bond donors (Lipinski definition) is 3. The summed E-state index contributed by atoms with van der Waals surface area (Å²) in [5, 5.41) is 16.1. The average molecular weight is 524 g/mol. The SMILES string of the molecule is Cc1ccc2c(Nc3ccc4c(c3)OC(F)(F)O4)nccc2c1Nc1ncccc1-c1ncnc2[nH]ncc12. The molecule has 0 aliphatic carbocycles. The molecule has 1 aliphatic heterocycles. The van der Waals surface area contributed by atoms with Gasteiger partial charge in [-0.2, -0.15) is 5.10 Å². The highest BCUT2D eigenvalue weighted by molar-refractivity contribution is 6.04. The summed E-state index contributed by atoms with van der Waals surface area (Å²) in [5.41, 5.74) is 4.44. The lowest BCUT2D eigenvalue weighted by Gasteiger charge is -2.17. The van der Waals surface area contributed by atoms with Gasteiger partial charge in [0, 0.05) is 40.5 Å². The third-order valence-electron chi connectivity index (χ3n) is 6.37. The number of alkyl halides is 2. The van der Waals surface area contributed by atoms with Crippen LogP contribution in [-0.4, -0.2) is 36.4 Å². The van der Waals surface area contributed by atoms with E-state index in [4.69, 9.17) is 0 Å². The fraction of sp³-hybridized carbons (Fsp3) is 0.0741. The van der Waals surface area contributed by atoms with Gasteiger partial charge in [-0.1, -0.05) is 12.1 Å². The van der Waals surface area contributed by atoms with Crippen LogP contribution in [0.5, 0.6) is 11.5 Å². The first-order chi connectivity index (χ1) is 18.9. The molecule has 0 radical (unpaired) electrons. The Bertz CT molecular complexity index is 1890. The fourth-order valence-corrected chi connectivity index (χ4v) is 4.59. The molecule has 192 valence electrons. The second-order valence-corrected chi connectivity index (χ2v) is 8.85. The molecule has 1 aliphatic rings. The summed E-state index contributed by atoms with van der Waals surface area (Å²) in [7, 11) is 0. The highest BCUT2D eigenvalue weighted by atomic mass is 19.3. The number of hydrogen-bond acceptors (Lipinski definition) is 9. The molecule has 7 rings (SSSR count). The number of pyridine rings is 2. The highest BCUT2D eigenvalue weighted by Crippen LogP contribution is 2.43. The van der Waals surface area contributed by atoms with E-state index in [1.54, 1.807) is 24.7 Å². The molecular formula is C27H18F2N8O2. The van der Waals surface area contributed by atoms with Crippen molar-refractivity contribution < 1.29 is 18.3 Å². The first-order valence-electron chi connectivity index (χ1n) is 11.9. The lowest BCUT2D eigenvalue weighted by molar-refractivity contribution is -0.286. The van der Waals surface area contributed by atoms with Gasteiger partial charge in [0.05, 0.1) is 23.0 Å². The molecule has 0 bridgehead atoms. The number of halogens is 2. The van der Waals surface area contributed by atoms with Crippen molar-refractivity contribution in [1.82, 2.24) is 30.1 Å². The molecule has 0 saturated carbocycles. The number of rotatable bonds is 5. The molecule has 5 heterocycles. The lowest BCUT2D eigenvalue weighted by Crippen LogP contribution is -2.25. The number of benzene rings is 2. The summed E-state index contributed by atoms with van der Waals surface area (Å²) < 4.78 is 36.0. The number of H-pyrrole nitrogens is 1. The van der Waals surface area contributed by atoms with Crippen molar-refractivity contribution in [3.05, 3.63) is 79.0 Å². The van der Waals surface area contributed by atoms with Crippen molar-refractivity contribution in [2.45, 2.75) is 13.2 Å². The summed E-state index contributed by atoms with van der Waals surface area (Å²) in [6.07, 6.45) is 2.87. The number of nitrogens with one attached hydrogen (secondary N) is 3. The molecule has 12 heteroatoms. The monoisotopic (exact) mass is 524 g/mol. The molecule has 0 unspecified atom stereocenters. The van der Waals surface area contributed by atoms with E-state index in [1.165, 1.54) is 18.5 Å². The minimum absolute atomic E-state index is 0.0268. The Kier molecular flexibility index (Phi) is 5.01. The zero-order valence-corrected chi connectivity index (χ0v) is 20.2. The number of fused-ring (bicyclic) bond motifs is 3. The molecular weight excluding hydrogens is 506 g/mol. The lowest BCUT2D eigenvalue weighted by atomic mass is 10.0. The topological polar surface area (TPSA) is 123 Å². The molecule has 0 atom stereocenters. The average Bonchev–Trinajstić information content (AvgIpc) is 3.53. The van der Waals surface area contributed by atoms with Crippen LogP contribution in [0.15, 0.2) is 73.4 Å². The number of nitrogens with zero attached hydrogens (tertiary/aromatic N) is 5. The maximum atomic E-state index is 13.5. The van der Waals surface area contributed by atoms with Gasteiger partial charge in [0.2, 0.25) is 0 Å². The van der Waals surface area contributed by atoms with Gasteiger partial charge in [-0.25, -0.2) is 19.9 Å². The van der Waals surface area contributed by atoms with E-state index in [0.717, 1.165) is 33.0 Å². The van der Waals surface area contributed by atoms with Crippen molar-refractivity contribution in [3.63, 3.8) is 0 Å². The Hall–Kier alpha value is -5.39. The standard InChI is InChI=1S/C27H18F2N8O2/c1-14-4-6-17-16(8-10-31-24(17)35-15-5-7-20-21(11-15)39-27(28,29)38-20)22(14)36-25-18(3-2-9-30-25)23-19-12-34-37-26(19)33-13-32-23/h2-13H,1H3,(H,30,36)(H,31,35)(H,32,33,34,37). The molecule has 39 heavy (non-hydrogen) atoms. The van der Waals surface area contributed by atoms with E-state index in [-0.39, 0.29) is 11.5 Å². The Morgan fingerprint density at radius 3 is 2.62 bits per heavy atom. The fourth-order valence-electron chi connectivity index (χ4n) is 4.59. The van der Waals surface area contributed by atoms with E-state index < -0.39 is 6.29 Å². The van der Waals surface area contributed by atoms with Gasteiger partial charge in [0.15, 0.2) is 17.1 Å². The number of aromatic amines is 1. The van der Waals surface area contributed by atoms with E-state index in [1.807, 2.05) is 37.3 Å². The van der Waals surface area contributed by atoms with Crippen molar-refractivity contribution in [2.24, 2.45) is 0 Å². The van der Waals surface area contributed by atoms with E-state index in [9.17, 15) is 8.78 Å². The van der Waals surface area contributed by atoms with E-state index in [0.29, 0.717) is 28.7 Å². The second-order valence-electron chi connectivity index (χ2n) is 8.85. The summed E-state index contributed by atoms with van der Waals surface area (Å²) in [6, 6.07) is 14.1. The summed E-state index contributed by atoms with van der Waals surface area (Å²) >= 11 is 0. The van der Waals surface area contributed by atoms with Crippen LogP contribution in [0, 0.1) is 6.92 Å². The minimum Gasteiger partial charge on any atom is -0.395 e. The predicted molar refractivity (Wildman–Crippen MR) is 141 cm³/mol. The van der Waals surface area contributed by atoms with Crippen molar-refractivity contribution in [2.75, 3.05) is 10.6 Å². The first kappa shape index (κ1) is 22.8. The summed E-state index contributed by atoms with van der Waals surface area (Å²) in [5.74, 6) is 1.07. The third kappa shape index (κ3) is 3.98. The Balaban J connectivity index is 1.28. The van der Waals surface area contributed by atoms with Crippen LogP contribution in [0.2, 0.25) is 0 Å². The van der Waals surface area contributed by atoms with Gasteiger partial charge in [-0.05, 0) is 42.8 Å². The van der Waals surface area contributed by atoms with Crippen LogP contribution in [0.3, 0.4) is 0 Å². The molecule has 0 amide bonds. The van der Waals surface area contributed by atoms with Gasteiger partial charge in [-0.15, -0.1) is 8.78 Å². The third-order valence-corrected chi connectivity index (χ3v) is 6.37. The smallest absolute Gasteiger partial charge is 0.395 e. The van der Waals surface area contributed by atoms with Gasteiger partial charge < -0.3 is 20.1 Å². The van der Waals surface area contributed by atoms with Crippen LogP contribution >= 0.6 is 0 Å². The second kappa shape index (κ2) is 8.58. The quantitative estimate of drug-likeness (QED) is 0.246. The van der Waals surface area contributed by atoms with Crippen LogP contribution in [0.25, 0.3) is 33.1 Å². The van der Waals surface area contributed by atoms with E-state index >= 15 is 0 Å². The number of aryl methyl sites for hydroxylation is 1. The number of aromatic nitrogens is 6. The van der Waals surface area contributed by atoms with Gasteiger partial charge in [0.1, 0.15) is 18.0 Å². The highest BCUT2D eigenvalue weighted by Gasteiger charge is 2.43. The normalized spacial score (nSPS) is 13.6. The van der Waals surface area contributed by atoms with Crippen molar-refractivity contribution in [3.8, 4) is 22.8 Å². The van der Waals surface area contributed by atoms with Gasteiger partial charge in [-0.3, -0.25) is 5.10 Å². The van der Waals surface area contributed by atoms with Gasteiger partial charge in [0.25, 0.3) is 0 Å². The minimum atomic E-state index is -3.68. The van der Waals surface area contributed by atoms with E-state index in [2.05, 4.69) is 50.2 Å². The molecule has 4 aromatic heterocycles. The zero-order chi connectivity index (χ0) is 26.6. The zero-order valence-electron chi connectivity index (χ0n) is 20.2. The van der Waals surface area contributed by atoms with Crippen molar-refractivity contribution in [1.29, 1.82) is 0 Å². The van der Waals surface area contributed by atoms with Crippen LogP contribution < -0.4 is 20.1 Å². The number of anilines is 4. The van der Waals surface area contributed by atoms with Crippen molar-refractivity contribution >= 4 is 44.8 Å². The van der Waals surface area contributed by atoms with Crippen LogP contribution in [-0.2, 0) is 0 Å². The molecule has 3 N–H and O–H groups in total. The number of ether oxygens (including phenoxy) is 2. The largest absolute Gasteiger partial charge is 0.586 e. The summed E-state index contributed by atoms with van der Waals surface area (Å²) in [4.78, 5) is 17.8. The maximum absolute atomic E-state index is 13.5. The Morgan fingerprint density at radius 1 is 0.821 bits per heavy atom. The predicted octanol–water partition coefficient (Wildman–Crippen LogP) is 6.08. The maximum Gasteiger partial charge on any atom is 0.586 e. The molecule has 0 spiro atoms. The Labute approximate surface area is 219 Å². The Morgan fingerprint density at radius 2 is 1.69 bits per heavy atom. The molecule has 2 aromatic carbocycles. The molecule has 10 nitrogen and oxygen atoms in total. The molecule has 6 aromatic rings. The first-order valence-corrected chi connectivity index (χ1v) is 11.9. The summed E-state index contributed by atoms with van der Waals surface area (Å²) in [6.45, 7) is 1.99. The van der Waals surface area contributed by atoms with Crippen LogP contribution in [0.1, 0.15) is 5.56 Å². The molecule has 0 fully saturated rings.